The second kappa shape index (κ2) is 6.19. The van der Waals surface area contributed by atoms with Crippen LogP contribution in [0.25, 0.3) is 0 Å². The SMILES string of the molecule is Nc1ccc([N+](=O)[O-])cc1C(=O)NCc1ccc(Cl)cn1. The molecular weight excluding hydrogens is 296 g/mol. The molecule has 0 aliphatic heterocycles. The topological polar surface area (TPSA) is 111 Å². The minimum Gasteiger partial charge on any atom is -0.398 e. The summed E-state index contributed by atoms with van der Waals surface area (Å²) < 4.78 is 0. The number of anilines is 1. The number of carbonyl (C=O) groups excluding carboxylic acids is 1. The molecule has 2 rings (SSSR count). The van der Waals surface area contributed by atoms with Crippen molar-refractivity contribution in [2.75, 3.05) is 5.73 Å². The molecule has 0 fully saturated rings. The highest BCUT2D eigenvalue weighted by Crippen LogP contribution is 2.19. The van der Waals surface area contributed by atoms with E-state index in [1.54, 1.807) is 12.1 Å². The lowest BCUT2D eigenvalue weighted by Gasteiger charge is -2.07. The maximum atomic E-state index is 12.0. The number of nitro groups is 1. The predicted molar refractivity (Wildman–Crippen MR) is 77.9 cm³/mol. The number of nitrogens with two attached hydrogens (primary N) is 1. The van der Waals surface area contributed by atoms with Gasteiger partial charge in [0, 0.05) is 24.0 Å². The van der Waals surface area contributed by atoms with Crippen molar-refractivity contribution in [1.29, 1.82) is 0 Å². The molecule has 21 heavy (non-hydrogen) atoms. The highest BCUT2D eigenvalue weighted by molar-refractivity contribution is 6.30. The summed E-state index contributed by atoms with van der Waals surface area (Å²) in [6.45, 7) is 0.165. The predicted octanol–water partition coefficient (Wildman–Crippen LogP) is 2.16. The lowest BCUT2D eigenvalue weighted by molar-refractivity contribution is -0.384. The van der Waals surface area contributed by atoms with Gasteiger partial charge in [0.05, 0.1) is 27.7 Å². The minimum absolute atomic E-state index is 0.0539. The van der Waals surface area contributed by atoms with Gasteiger partial charge in [0.2, 0.25) is 0 Å². The molecule has 0 aliphatic rings. The molecule has 3 N–H and O–H groups in total. The van der Waals surface area contributed by atoms with E-state index in [0.717, 1.165) is 6.07 Å². The summed E-state index contributed by atoms with van der Waals surface area (Å²) in [5.74, 6) is -0.507. The fourth-order valence-electron chi connectivity index (χ4n) is 1.63. The molecule has 0 saturated carbocycles. The van der Waals surface area contributed by atoms with Gasteiger partial charge in [-0.25, -0.2) is 0 Å². The zero-order valence-electron chi connectivity index (χ0n) is 10.7. The number of nitrogen functional groups attached to an aromatic ring is 1. The van der Waals surface area contributed by atoms with Gasteiger partial charge < -0.3 is 11.1 Å². The number of non-ortho nitro benzene ring substituents is 1. The third-order valence-corrected chi connectivity index (χ3v) is 2.93. The molecule has 1 aromatic heterocycles. The van der Waals surface area contributed by atoms with E-state index in [0.29, 0.717) is 10.7 Å². The Labute approximate surface area is 124 Å². The van der Waals surface area contributed by atoms with Crippen LogP contribution in [0.15, 0.2) is 36.5 Å². The zero-order chi connectivity index (χ0) is 15.4. The van der Waals surface area contributed by atoms with Gasteiger partial charge in [-0.15, -0.1) is 0 Å². The molecule has 1 amide bonds. The number of rotatable bonds is 4. The van der Waals surface area contributed by atoms with Crippen LogP contribution in [-0.2, 0) is 6.54 Å². The number of nitro benzene ring substituents is 1. The summed E-state index contributed by atoms with van der Waals surface area (Å²) in [6.07, 6.45) is 1.46. The lowest BCUT2D eigenvalue weighted by atomic mass is 10.1. The maximum absolute atomic E-state index is 12.0. The number of aromatic nitrogens is 1. The number of hydrogen-bond donors (Lipinski definition) is 2. The van der Waals surface area contributed by atoms with Crippen LogP contribution in [0.3, 0.4) is 0 Å². The zero-order valence-corrected chi connectivity index (χ0v) is 11.5. The summed E-state index contributed by atoms with van der Waals surface area (Å²) in [5.41, 5.74) is 6.30. The summed E-state index contributed by atoms with van der Waals surface area (Å²) in [7, 11) is 0. The highest BCUT2D eigenvalue weighted by Gasteiger charge is 2.15. The Morgan fingerprint density at radius 1 is 1.38 bits per heavy atom. The Morgan fingerprint density at radius 3 is 2.76 bits per heavy atom. The van der Waals surface area contributed by atoms with Crippen LogP contribution in [0, 0.1) is 10.1 Å². The van der Waals surface area contributed by atoms with Crippen LogP contribution in [0.1, 0.15) is 16.1 Å². The van der Waals surface area contributed by atoms with Crippen molar-refractivity contribution in [3.63, 3.8) is 0 Å². The van der Waals surface area contributed by atoms with Gasteiger partial charge in [-0.2, -0.15) is 0 Å². The monoisotopic (exact) mass is 306 g/mol. The normalized spacial score (nSPS) is 10.1. The Morgan fingerprint density at radius 2 is 2.14 bits per heavy atom. The van der Waals surface area contributed by atoms with Gasteiger partial charge in [0.1, 0.15) is 0 Å². The number of pyridine rings is 1. The van der Waals surface area contributed by atoms with Gasteiger partial charge in [-0.3, -0.25) is 19.9 Å². The van der Waals surface area contributed by atoms with Gasteiger partial charge in [-0.05, 0) is 18.2 Å². The third kappa shape index (κ3) is 3.67. The first kappa shape index (κ1) is 14.7. The van der Waals surface area contributed by atoms with Crippen LogP contribution < -0.4 is 11.1 Å². The van der Waals surface area contributed by atoms with Gasteiger partial charge in [0.25, 0.3) is 11.6 Å². The number of nitrogens with zero attached hydrogens (tertiary/aromatic N) is 2. The molecule has 8 heteroatoms. The molecule has 108 valence electrons. The first-order valence-corrected chi connectivity index (χ1v) is 6.27. The second-order valence-electron chi connectivity index (χ2n) is 4.18. The van der Waals surface area contributed by atoms with Crippen LogP contribution in [-0.4, -0.2) is 15.8 Å². The quantitative estimate of drug-likeness (QED) is 0.511. The fraction of sp³-hybridized carbons (Fsp3) is 0.0769. The summed E-state index contributed by atoms with van der Waals surface area (Å²) >= 11 is 5.71. The van der Waals surface area contributed by atoms with Crippen molar-refractivity contribution in [1.82, 2.24) is 10.3 Å². The molecule has 0 atom stereocenters. The smallest absolute Gasteiger partial charge is 0.270 e. The van der Waals surface area contributed by atoms with Crippen molar-refractivity contribution in [3.05, 3.63) is 62.9 Å². The number of nitrogens with one attached hydrogen (secondary N) is 1. The highest BCUT2D eigenvalue weighted by atomic mass is 35.5. The molecule has 0 unspecified atom stereocenters. The molecular formula is C13H11ClN4O3. The summed E-state index contributed by atoms with van der Waals surface area (Å²) in [4.78, 5) is 26.2. The largest absolute Gasteiger partial charge is 0.398 e. The molecule has 0 spiro atoms. The van der Waals surface area contributed by atoms with E-state index >= 15 is 0 Å². The average molecular weight is 307 g/mol. The standard InChI is InChI=1S/C13H11ClN4O3/c14-8-1-2-9(16-6-8)7-17-13(19)11-5-10(18(20)21)3-4-12(11)15/h1-6H,7,15H2,(H,17,19). The number of halogens is 1. The maximum Gasteiger partial charge on any atom is 0.270 e. The van der Waals surface area contributed by atoms with Gasteiger partial charge >= 0.3 is 0 Å². The minimum atomic E-state index is -0.586. The number of carbonyl (C=O) groups is 1. The van der Waals surface area contributed by atoms with Crippen molar-refractivity contribution >= 4 is 28.9 Å². The second-order valence-corrected chi connectivity index (χ2v) is 4.62. The van der Waals surface area contributed by atoms with Crippen LogP contribution >= 0.6 is 11.6 Å². The van der Waals surface area contributed by atoms with E-state index in [-0.39, 0.29) is 23.5 Å². The molecule has 0 radical (unpaired) electrons. The fourth-order valence-corrected chi connectivity index (χ4v) is 1.74. The molecule has 7 nitrogen and oxygen atoms in total. The Kier molecular flexibility index (Phi) is 4.34. The van der Waals surface area contributed by atoms with Crippen molar-refractivity contribution in [3.8, 4) is 0 Å². The first-order chi connectivity index (χ1) is 9.97. The van der Waals surface area contributed by atoms with Crippen LogP contribution in [0.2, 0.25) is 5.02 Å². The van der Waals surface area contributed by atoms with Crippen molar-refractivity contribution in [2.24, 2.45) is 0 Å². The summed E-state index contributed by atoms with van der Waals surface area (Å²) in [6, 6.07) is 7.03. The van der Waals surface area contributed by atoms with E-state index in [4.69, 9.17) is 17.3 Å². The lowest BCUT2D eigenvalue weighted by Crippen LogP contribution is -2.24. The van der Waals surface area contributed by atoms with Crippen LogP contribution in [0.5, 0.6) is 0 Å². The van der Waals surface area contributed by atoms with Gasteiger partial charge in [-0.1, -0.05) is 11.6 Å². The molecule has 0 saturated heterocycles. The molecule has 0 bridgehead atoms. The third-order valence-electron chi connectivity index (χ3n) is 2.71. The summed E-state index contributed by atoms with van der Waals surface area (Å²) in [5, 5.41) is 13.8. The first-order valence-electron chi connectivity index (χ1n) is 5.90. The number of amides is 1. The number of benzene rings is 1. The average Bonchev–Trinajstić information content (AvgIpc) is 2.46. The number of hydrogen-bond acceptors (Lipinski definition) is 5. The Balaban J connectivity index is 2.11. The van der Waals surface area contributed by atoms with E-state index in [1.807, 2.05) is 0 Å². The van der Waals surface area contributed by atoms with Crippen LogP contribution in [0.4, 0.5) is 11.4 Å². The Hall–Kier alpha value is -2.67. The molecule has 1 heterocycles. The van der Waals surface area contributed by atoms with E-state index in [2.05, 4.69) is 10.3 Å². The Bertz CT molecular complexity index is 688. The van der Waals surface area contributed by atoms with Crippen molar-refractivity contribution < 1.29 is 9.72 Å². The molecule has 2 aromatic rings. The van der Waals surface area contributed by atoms with E-state index < -0.39 is 10.8 Å². The molecule has 0 aliphatic carbocycles. The van der Waals surface area contributed by atoms with E-state index in [1.165, 1.54) is 18.3 Å². The van der Waals surface area contributed by atoms with Gasteiger partial charge in [0.15, 0.2) is 0 Å². The van der Waals surface area contributed by atoms with Crippen molar-refractivity contribution in [2.45, 2.75) is 6.54 Å². The molecule has 1 aromatic carbocycles. The van der Waals surface area contributed by atoms with E-state index in [9.17, 15) is 14.9 Å².